The van der Waals surface area contributed by atoms with Crippen molar-refractivity contribution in [2.24, 2.45) is 0 Å². The highest BCUT2D eigenvalue weighted by molar-refractivity contribution is 6.03. The molecule has 0 saturated carbocycles. The minimum Gasteiger partial charge on any atom is -0.336 e. The molecule has 30 heavy (non-hydrogen) atoms. The van der Waals surface area contributed by atoms with Crippen molar-refractivity contribution in [3.8, 4) is 22.5 Å². The van der Waals surface area contributed by atoms with Crippen molar-refractivity contribution in [1.82, 2.24) is 15.1 Å². The molecule has 0 atom stereocenters. The lowest BCUT2D eigenvalue weighted by Crippen LogP contribution is -2.24. The van der Waals surface area contributed by atoms with Crippen LogP contribution >= 0.6 is 0 Å². The van der Waals surface area contributed by atoms with Crippen LogP contribution < -0.4 is 4.90 Å². The molecular formula is C22H16F2N4O2. The van der Waals surface area contributed by atoms with E-state index in [1.807, 2.05) is 31.2 Å². The summed E-state index contributed by atoms with van der Waals surface area (Å²) in [5.41, 5.74) is 2.83. The lowest BCUT2D eigenvalue weighted by Gasteiger charge is -2.19. The van der Waals surface area contributed by atoms with E-state index in [1.54, 1.807) is 6.07 Å². The van der Waals surface area contributed by atoms with Gasteiger partial charge in [0.05, 0.1) is 16.9 Å². The zero-order chi connectivity index (χ0) is 21.3. The standard InChI is InChI=1S/C22H16F2N4O2/c1-13-4-3-5-15(10-13)21-20(18-8-9-25-12-26-18)22(30-27-21)28(14(2)29)19-7-6-16(23)11-17(19)24/h3-12H,1-2H3. The van der Waals surface area contributed by atoms with Crippen molar-refractivity contribution >= 4 is 17.5 Å². The summed E-state index contributed by atoms with van der Waals surface area (Å²) in [6, 6.07) is 12.1. The summed E-state index contributed by atoms with van der Waals surface area (Å²) >= 11 is 0. The van der Waals surface area contributed by atoms with E-state index in [0.29, 0.717) is 23.0 Å². The van der Waals surface area contributed by atoms with Crippen LogP contribution in [0.3, 0.4) is 0 Å². The summed E-state index contributed by atoms with van der Waals surface area (Å²) in [6.07, 6.45) is 2.89. The monoisotopic (exact) mass is 406 g/mol. The van der Waals surface area contributed by atoms with Gasteiger partial charge in [-0.1, -0.05) is 28.9 Å². The Kier molecular flexibility index (Phi) is 5.05. The molecule has 0 fully saturated rings. The molecular weight excluding hydrogens is 390 g/mol. The summed E-state index contributed by atoms with van der Waals surface area (Å²) in [6.45, 7) is 3.19. The molecule has 6 nitrogen and oxygen atoms in total. The van der Waals surface area contributed by atoms with Crippen LogP contribution in [0.5, 0.6) is 0 Å². The van der Waals surface area contributed by atoms with E-state index in [1.165, 1.54) is 25.5 Å². The average Bonchev–Trinajstić information content (AvgIpc) is 3.15. The van der Waals surface area contributed by atoms with E-state index >= 15 is 0 Å². The van der Waals surface area contributed by atoms with E-state index in [0.717, 1.165) is 22.1 Å². The van der Waals surface area contributed by atoms with Crippen LogP contribution in [0.25, 0.3) is 22.5 Å². The second-order valence-corrected chi connectivity index (χ2v) is 6.63. The van der Waals surface area contributed by atoms with Gasteiger partial charge < -0.3 is 4.52 Å². The lowest BCUT2D eigenvalue weighted by molar-refractivity contribution is -0.116. The van der Waals surface area contributed by atoms with Gasteiger partial charge in [0.1, 0.15) is 23.7 Å². The van der Waals surface area contributed by atoms with Crippen LogP contribution in [-0.4, -0.2) is 21.0 Å². The van der Waals surface area contributed by atoms with Crippen molar-refractivity contribution < 1.29 is 18.1 Å². The van der Waals surface area contributed by atoms with Crippen LogP contribution in [0, 0.1) is 18.6 Å². The van der Waals surface area contributed by atoms with Gasteiger partial charge in [-0.05, 0) is 31.2 Å². The number of anilines is 2. The molecule has 0 unspecified atom stereocenters. The third-order valence-electron chi connectivity index (χ3n) is 4.47. The predicted molar refractivity (Wildman–Crippen MR) is 107 cm³/mol. The van der Waals surface area contributed by atoms with Gasteiger partial charge in [0.15, 0.2) is 0 Å². The molecule has 0 N–H and O–H groups in total. The summed E-state index contributed by atoms with van der Waals surface area (Å²) in [7, 11) is 0. The fourth-order valence-corrected chi connectivity index (χ4v) is 3.18. The first-order chi connectivity index (χ1) is 14.5. The molecule has 0 aliphatic rings. The second-order valence-electron chi connectivity index (χ2n) is 6.63. The first-order valence-corrected chi connectivity index (χ1v) is 9.04. The second kappa shape index (κ2) is 7.82. The van der Waals surface area contributed by atoms with Crippen molar-refractivity contribution in [2.75, 3.05) is 4.90 Å². The lowest BCUT2D eigenvalue weighted by atomic mass is 10.0. The summed E-state index contributed by atoms with van der Waals surface area (Å²) in [5.74, 6) is -2.23. The number of aryl methyl sites for hydroxylation is 1. The average molecular weight is 406 g/mol. The Morgan fingerprint density at radius 3 is 2.60 bits per heavy atom. The maximum Gasteiger partial charge on any atom is 0.248 e. The van der Waals surface area contributed by atoms with E-state index in [4.69, 9.17) is 4.52 Å². The fraction of sp³-hybridized carbons (Fsp3) is 0.0909. The minimum atomic E-state index is -0.910. The number of benzene rings is 2. The predicted octanol–water partition coefficient (Wildman–Crippen LogP) is 5.07. The van der Waals surface area contributed by atoms with E-state index in [9.17, 15) is 13.6 Å². The molecule has 0 bridgehead atoms. The molecule has 0 aliphatic carbocycles. The van der Waals surface area contributed by atoms with Crippen molar-refractivity contribution in [3.63, 3.8) is 0 Å². The van der Waals surface area contributed by atoms with Crippen LogP contribution in [-0.2, 0) is 4.79 Å². The van der Waals surface area contributed by atoms with E-state index in [-0.39, 0.29) is 11.6 Å². The highest BCUT2D eigenvalue weighted by Gasteiger charge is 2.30. The summed E-state index contributed by atoms with van der Waals surface area (Å²) in [4.78, 5) is 21.7. The van der Waals surface area contributed by atoms with Crippen LogP contribution in [0.2, 0.25) is 0 Å². The van der Waals surface area contributed by atoms with Crippen molar-refractivity contribution in [1.29, 1.82) is 0 Å². The molecule has 8 heteroatoms. The molecule has 0 radical (unpaired) electrons. The SMILES string of the molecule is CC(=O)N(c1ccc(F)cc1F)c1onc(-c2cccc(C)c2)c1-c1ccncn1. The smallest absolute Gasteiger partial charge is 0.248 e. The fourth-order valence-electron chi connectivity index (χ4n) is 3.18. The number of nitrogens with zero attached hydrogens (tertiary/aromatic N) is 4. The first kappa shape index (κ1) is 19.4. The Bertz CT molecular complexity index is 1230. The maximum absolute atomic E-state index is 14.5. The van der Waals surface area contributed by atoms with Crippen molar-refractivity contribution in [2.45, 2.75) is 13.8 Å². The zero-order valence-electron chi connectivity index (χ0n) is 16.1. The van der Waals surface area contributed by atoms with Gasteiger partial charge in [0.25, 0.3) is 0 Å². The Morgan fingerprint density at radius 1 is 1.10 bits per heavy atom. The number of rotatable bonds is 4. The van der Waals surface area contributed by atoms with Crippen LogP contribution in [0.15, 0.2) is 65.6 Å². The zero-order valence-corrected chi connectivity index (χ0v) is 16.1. The number of hydrogen-bond acceptors (Lipinski definition) is 5. The molecule has 150 valence electrons. The molecule has 0 aliphatic heterocycles. The Balaban J connectivity index is 1.98. The van der Waals surface area contributed by atoms with Crippen molar-refractivity contribution in [3.05, 3.63) is 78.3 Å². The topological polar surface area (TPSA) is 72.1 Å². The normalized spacial score (nSPS) is 10.8. The van der Waals surface area contributed by atoms with Gasteiger partial charge in [-0.2, -0.15) is 0 Å². The van der Waals surface area contributed by atoms with Gasteiger partial charge in [0.2, 0.25) is 11.8 Å². The maximum atomic E-state index is 14.5. The highest BCUT2D eigenvalue weighted by Crippen LogP contribution is 2.42. The largest absolute Gasteiger partial charge is 0.336 e. The van der Waals surface area contributed by atoms with Crippen LogP contribution in [0.4, 0.5) is 20.4 Å². The molecule has 4 rings (SSSR count). The highest BCUT2D eigenvalue weighted by atomic mass is 19.1. The Hall–Kier alpha value is -3.94. The number of carbonyl (C=O) groups is 1. The number of carbonyl (C=O) groups excluding carboxylic acids is 1. The summed E-state index contributed by atoms with van der Waals surface area (Å²) in [5, 5.41) is 4.15. The minimum absolute atomic E-state index is 0.0248. The Morgan fingerprint density at radius 2 is 1.93 bits per heavy atom. The molecule has 4 aromatic rings. The van der Waals surface area contributed by atoms with Gasteiger partial charge >= 0.3 is 0 Å². The van der Waals surface area contributed by atoms with Gasteiger partial charge in [0, 0.05) is 24.8 Å². The first-order valence-electron chi connectivity index (χ1n) is 9.04. The quantitative estimate of drug-likeness (QED) is 0.473. The number of aromatic nitrogens is 3. The van der Waals surface area contributed by atoms with E-state index in [2.05, 4.69) is 15.1 Å². The Labute approximate surface area is 170 Å². The van der Waals surface area contributed by atoms with Gasteiger partial charge in [-0.25, -0.2) is 23.6 Å². The molecule has 0 spiro atoms. The molecule has 0 saturated heterocycles. The molecule has 2 heterocycles. The van der Waals surface area contributed by atoms with Gasteiger partial charge in [-0.3, -0.25) is 4.79 Å². The number of amides is 1. The molecule has 2 aromatic carbocycles. The van der Waals surface area contributed by atoms with E-state index < -0.39 is 17.5 Å². The molecule has 1 amide bonds. The molecule has 2 aromatic heterocycles. The number of hydrogen-bond donors (Lipinski definition) is 0. The summed E-state index contributed by atoms with van der Waals surface area (Å²) < 4.78 is 33.5. The van der Waals surface area contributed by atoms with Gasteiger partial charge in [-0.15, -0.1) is 0 Å². The number of halogens is 2. The third kappa shape index (κ3) is 3.55. The third-order valence-corrected chi connectivity index (χ3v) is 4.47. The van der Waals surface area contributed by atoms with Crippen LogP contribution in [0.1, 0.15) is 12.5 Å².